The van der Waals surface area contributed by atoms with Gasteiger partial charge in [0.2, 0.25) is 11.0 Å². The third kappa shape index (κ3) is 7.91. The normalized spacial score (nSPS) is 10.8. The highest BCUT2D eigenvalue weighted by atomic mass is 32.1. The average molecular weight is 515 g/mol. The number of ether oxygens (including phenoxy) is 2. The van der Waals surface area contributed by atoms with Gasteiger partial charge in [0.05, 0.1) is 14.2 Å². The molecule has 7 nitrogen and oxygen atoms in total. The number of anilines is 1. The Morgan fingerprint density at radius 3 is 2.42 bits per heavy atom. The van der Waals surface area contributed by atoms with Crippen LogP contribution in [0.2, 0.25) is 0 Å². The number of rotatable bonds is 14. The maximum Gasteiger partial charge on any atom is 0.224 e. The highest BCUT2D eigenvalue weighted by Crippen LogP contribution is 2.27. The summed E-state index contributed by atoms with van der Waals surface area (Å²) in [5.74, 6) is 1.92. The molecule has 0 atom stereocenters. The summed E-state index contributed by atoms with van der Waals surface area (Å²) in [5, 5.41) is 0.821. The number of aromatic nitrogens is 2. The minimum Gasteiger partial charge on any atom is -0.493 e. The van der Waals surface area contributed by atoms with Gasteiger partial charge in [-0.1, -0.05) is 31.5 Å². The summed E-state index contributed by atoms with van der Waals surface area (Å²) >= 11 is 1.35. The molecule has 0 unspecified atom stereocenters. The first kappa shape index (κ1) is 27.4. The minimum atomic E-state index is -0.255. The predicted octanol–water partition coefficient (Wildman–Crippen LogP) is 4.98. The number of hydrogen-bond acceptors (Lipinski definition) is 7. The number of amides is 1. The van der Waals surface area contributed by atoms with Gasteiger partial charge < -0.3 is 19.3 Å². The summed E-state index contributed by atoms with van der Waals surface area (Å²) in [6, 6.07) is 12.2. The van der Waals surface area contributed by atoms with Gasteiger partial charge in [-0.05, 0) is 48.2 Å². The molecule has 194 valence electrons. The zero-order valence-electron chi connectivity index (χ0n) is 21.5. The number of methoxy groups -OCH3 is 2. The second kappa shape index (κ2) is 13.8. The van der Waals surface area contributed by atoms with Crippen LogP contribution in [-0.2, 0) is 17.6 Å². The largest absolute Gasteiger partial charge is 0.493 e. The van der Waals surface area contributed by atoms with Gasteiger partial charge in [-0.3, -0.25) is 4.79 Å². The Labute approximate surface area is 217 Å². The van der Waals surface area contributed by atoms with Gasteiger partial charge >= 0.3 is 0 Å². The number of likely N-dealkylation sites (N-methyl/N-ethyl adjacent to an activating group) is 1. The molecule has 0 saturated carbocycles. The molecule has 0 fully saturated rings. The van der Waals surface area contributed by atoms with Crippen molar-refractivity contribution in [3.8, 4) is 11.5 Å². The van der Waals surface area contributed by atoms with Gasteiger partial charge in [0.1, 0.15) is 11.6 Å². The predicted molar refractivity (Wildman–Crippen MR) is 142 cm³/mol. The average Bonchev–Trinajstić information content (AvgIpc) is 3.36. The van der Waals surface area contributed by atoms with Crippen LogP contribution in [0.4, 0.5) is 9.52 Å². The summed E-state index contributed by atoms with van der Waals surface area (Å²) in [4.78, 5) is 21.5. The molecular formula is C27H35FN4O3S. The summed E-state index contributed by atoms with van der Waals surface area (Å²) in [6.07, 6.45) is 3.74. The molecule has 1 aromatic heterocycles. The quantitative estimate of drug-likeness (QED) is 0.302. The molecule has 0 spiro atoms. The molecule has 1 heterocycles. The number of unbranched alkanes of at least 4 members (excludes halogenated alkanes) is 1. The van der Waals surface area contributed by atoms with Crippen molar-refractivity contribution < 1.29 is 18.7 Å². The monoisotopic (exact) mass is 514 g/mol. The van der Waals surface area contributed by atoms with Crippen LogP contribution in [0.25, 0.3) is 0 Å². The van der Waals surface area contributed by atoms with Crippen molar-refractivity contribution in [1.29, 1.82) is 0 Å². The molecule has 0 radical (unpaired) electrons. The molecule has 0 aliphatic heterocycles. The molecule has 0 aliphatic rings. The van der Waals surface area contributed by atoms with Gasteiger partial charge in [-0.25, -0.2) is 9.37 Å². The van der Waals surface area contributed by atoms with Crippen molar-refractivity contribution in [2.45, 2.75) is 39.0 Å². The SMILES string of the molecule is CCCCN(CCC(=O)N(C)CCc1ccc(OC)c(OC)c1)c1nc(Cc2ccc(F)cc2)ns1. The minimum absolute atomic E-state index is 0.0908. The van der Waals surface area contributed by atoms with Crippen LogP contribution in [0.3, 0.4) is 0 Å². The first-order chi connectivity index (χ1) is 17.4. The molecule has 3 aromatic rings. The van der Waals surface area contributed by atoms with E-state index in [1.165, 1.54) is 23.7 Å². The Balaban J connectivity index is 1.54. The van der Waals surface area contributed by atoms with Crippen molar-refractivity contribution in [1.82, 2.24) is 14.3 Å². The smallest absolute Gasteiger partial charge is 0.224 e. The van der Waals surface area contributed by atoms with Gasteiger partial charge in [0.25, 0.3) is 0 Å². The Kier molecular flexibility index (Phi) is 10.5. The zero-order valence-corrected chi connectivity index (χ0v) is 22.3. The van der Waals surface area contributed by atoms with Crippen LogP contribution >= 0.6 is 11.5 Å². The van der Waals surface area contributed by atoms with Crippen LogP contribution in [0, 0.1) is 5.82 Å². The van der Waals surface area contributed by atoms with Gasteiger partial charge in [-0.2, -0.15) is 4.37 Å². The number of benzene rings is 2. The van der Waals surface area contributed by atoms with E-state index in [0.29, 0.717) is 43.3 Å². The maximum atomic E-state index is 13.2. The van der Waals surface area contributed by atoms with E-state index in [0.717, 1.165) is 42.1 Å². The van der Waals surface area contributed by atoms with Crippen molar-refractivity contribution in [3.63, 3.8) is 0 Å². The van der Waals surface area contributed by atoms with Crippen molar-refractivity contribution in [2.24, 2.45) is 0 Å². The lowest BCUT2D eigenvalue weighted by atomic mass is 10.1. The van der Waals surface area contributed by atoms with Crippen LogP contribution in [0.1, 0.15) is 43.1 Å². The Bertz CT molecular complexity index is 1110. The lowest BCUT2D eigenvalue weighted by Gasteiger charge is -2.23. The highest BCUT2D eigenvalue weighted by Gasteiger charge is 2.16. The number of halogens is 1. The fourth-order valence-electron chi connectivity index (χ4n) is 3.76. The van der Waals surface area contributed by atoms with E-state index in [1.54, 1.807) is 31.3 Å². The summed E-state index contributed by atoms with van der Waals surface area (Å²) in [5.41, 5.74) is 2.05. The number of carbonyl (C=O) groups excluding carboxylic acids is 1. The molecule has 0 N–H and O–H groups in total. The molecule has 3 rings (SSSR count). The van der Waals surface area contributed by atoms with Crippen LogP contribution in [-0.4, -0.2) is 61.1 Å². The second-order valence-electron chi connectivity index (χ2n) is 8.64. The lowest BCUT2D eigenvalue weighted by molar-refractivity contribution is -0.129. The van der Waals surface area contributed by atoms with E-state index in [4.69, 9.17) is 14.5 Å². The summed E-state index contributed by atoms with van der Waals surface area (Å²) < 4.78 is 28.3. The van der Waals surface area contributed by atoms with E-state index in [2.05, 4.69) is 16.2 Å². The van der Waals surface area contributed by atoms with E-state index in [1.807, 2.05) is 25.2 Å². The Morgan fingerprint density at radius 1 is 1.00 bits per heavy atom. The zero-order chi connectivity index (χ0) is 25.9. The van der Waals surface area contributed by atoms with Gasteiger partial charge in [0, 0.05) is 51.1 Å². The first-order valence-corrected chi connectivity index (χ1v) is 13.0. The standard InChI is InChI=1S/C27H35FN4O3S/c1-5-6-15-32(27-29-25(30-36-27)19-20-7-10-22(28)11-8-20)17-14-26(33)31(2)16-13-21-9-12-23(34-3)24(18-21)35-4/h7-12,18H,5-6,13-17,19H2,1-4H3. The third-order valence-electron chi connectivity index (χ3n) is 5.99. The molecule has 1 amide bonds. The molecule has 2 aromatic carbocycles. The molecular weight excluding hydrogens is 479 g/mol. The van der Waals surface area contributed by atoms with Crippen LogP contribution in [0.5, 0.6) is 11.5 Å². The van der Waals surface area contributed by atoms with E-state index in [-0.39, 0.29) is 11.7 Å². The molecule has 0 bridgehead atoms. The first-order valence-electron chi connectivity index (χ1n) is 12.2. The van der Waals surface area contributed by atoms with Crippen LogP contribution < -0.4 is 14.4 Å². The molecule has 36 heavy (non-hydrogen) atoms. The van der Waals surface area contributed by atoms with Gasteiger partial charge in [0.15, 0.2) is 11.5 Å². The molecule has 0 aliphatic carbocycles. The maximum absolute atomic E-state index is 13.2. The van der Waals surface area contributed by atoms with Crippen molar-refractivity contribution >= 4 is 22.6 Å². The van der Waals surface area contributed by atoms with Gasteiger partial charge in [-0.15, -0.1) is 0 Å². The fourth-order valence-corrected chi connectivity index (χ4v) is 4.50. The lowest BCUT2D eigenvalue weighted by Crippen LogP contribution is -2.33. The fraction of sp³-hybridized carbons (Fsp3) is 0.444. The van der Waals surface area contributed by atoms with E-state index in [9.17, 15) is 9.18 Å². The number of hydrogen-bond donors (Lipinski definition) is 0. The topological polar surface area (TPSA) is 67.8 Å². The number of carbonyl (C=O) groups is 1. The Hall–Kier alpha value is -3.20. The highest BCUT2D eigenvalue weighted by molar-refractivity contribution is 7.09. The summed E-state index contributed by atoms with van der Waals surface area (Å²) in [6.45, 7) is 4.17. The van der Waals surface area contributed by atoms with Crippen LogP contribution in [0.15, 0.2) is 42.5 Å². The molecule has 0 saturated heterocycles. The summed E-state index contributed by atoms with van der Waals surface area (Å²) in [7, 11) is 5.07. The van der Waals surface area contributed by atoms with Crippen molar-refractivity contribution in [2.75, 3.05) is 45.8 Å². The molecule has 9 heteroatoms. The van der Waals surface area contributed by atoms with E-state index >= 15 is 0 Å². The van der Waals surface area contributed by atoms with Crippen molar-refractivity contribution in [3.05, 3.63) is 65.2 Å². The third-order valence-corrected chi connectivity index (χ3v) is 6.80. The van der Waals surface area contributed by atoms with E-state index < -0.39 is 0 Å². The number of nitrogens with zero attached hydrogens (tertiary/aromatic N) is 4. The Morgan fingerprint density at radius 2 is 1.72 bits per heavy atom. The second-order valence-corrected chi connectivity index (χ2v) is 9.37.